The van der Waals surface area contributed by atoms with Gasteiger partial charge in [-0.15, -0.1) is 0 Å². The lowest BCUT2D eigenvalue weighted by atomic mass is 9.69. The van der Waals surface area contributed by atoms with Gasteiger partial charge in [0.2, 0.25) is 0 Å². The van der Waals surface area contributed by atoms with Crippen molar-refractivity contribution in [2.24, 2.45) is 5.41 Å². The molecule has 1 saturated carbocycles. The Morgan fingerprint density at radius 3 is 2.42 bits per heavy atom. The standard InChI is InChI=1S/C13H20N2O4/c1-10(15-11(16)17)8-12(9-14)2-4-13(5-3-12)18-6-7-19-13/h10,15H,2-8H2,1H3,(H,16,17). The summed E-state index contributed by atoms with van der Waals surface area (Å²) in [6, 6.07) is 2.16. The second-order valence-corrected chi connectivity index (χ2v) is 5.55. The van der Waals surface area contributed by atoms with Crippen LogP contribution in [0.4, 0.5) is 4.79 Å². The van der Waals surface area contributed by atoms with E-state index in [0.29, 0.717) is 45.3 Å². The maximum absolute atomic E-state index is 10.6. The highest BCUT2D eigenvalue weighted by molar-refractivity contribution is 5.64. The minimum absolute atomic E-state index is 0.225. The van der Waals surface area contributed by atoms with Crippen molar-refractivity contribution in [3.8, 4) is 6.07 Å². The summed E-state index contributed by atoms with van der Waals surface area (Å²) in [5, 5.41) is 20.6. The van der Waals surface area contributed by atoms with E-state index in [4.69, 9.17) is 14.6 Å². The summed E-state index contributed by atoms with van der Waals surface area (Å²) in [6.45, 7) is 3.03. The molecule has 0 bridgehead atoms. The lowest BCUT2D eigenvalue weighted by molar-refractivity contribution is -0.188. The van der Waals surface area contributed by atoms with Crippen LogP contribution in [-0.2, 0) is 9.47 Å². The fraction of sp³-hybridized carbons (Fsp3) is 0.846. The number of carboxylic acid groups (broad SMARTS) is 1. The second kappa shape index (κ2) is 5.35. The number of hydrogen-bond acceptors (Lipinski definition) is 4. The molecule has 1 heterocycles. The monoisotopic (exact) mass is 268 g/mol. The molecule has 1 unspecified atom stereocenters. The Bertz CT molecular complexity index is 375. The third kappa shape index (κ3) is 3.17. The molecule has 0 aromatic carbocycles. The molecule has 106 valence electrons. The zero-order valence-corrected chi connectivity index (χ0v) is 11.1. The van der Waals surface area contributed by atoms with E-state index in [9.17, 15) is 10.1 Å². The highest BCUT2D eigenvalue weighted by Gasteiger charge is 2.46. The highest BCUT2D eigenvalue weighted by atomic mass is 16.7. The molecule has 1 amide bonds. The van der Waals surface area contributed by atoms with Crippen LogP contribution < -0.4 is 5.32 Å². The Hall–Kier alpha value is -1.32. The van der Waals surface area contributed by atoms with Gasteiger partial charge in [0.15, 0.2) is 5.79 Å². The van der Waals surface area contributed by atoms with Gasteiger partial charge in [-0.3, -0.25) is 0 Å². The van der Waals surface area contributed by atoms with Crippen molar-refractivity contribution in [3.05, 3.63) is 0 Å². The number of amides is 1. The molecule has 6 heteroatoms. The Balaban J connectivity index is 1.94. The molecule has 1 atom stereocenters. The van der Waals surface area contributed by atoms with Crippen LogP contribution in [-0.4, -0.2) is 36.2 Å². The SMILES string of the molecule is CC(CC1(C#N)CCC2(CC1)OCCO2)NC(=O)O. The Morgan fingerprint density at radius 2 is 1.95 bits per heavy atom. The lowest BCUT2D eigenvalue weighted by Gasteiger charge is -2.40. The largest absolute Gasteiger partial charge is 0.465 e. The quantitative estimate of drug-likeness (QED) is 0.815. The van der Waals surface area contributed by atoms with Crippen molar-refractivity contribution >= 4 is 6.09 Å². The predicted octanol–water partition coefficient (Wildman–Crippen LogP) is 1.86. The van der Waals surface area contributed by atoms with Crippen molar-refractivity contribution in [1.82, 2.24) is 5.32 Å². The van der Waals surface area contributed by atoms with Crippen LogP contribution in [0.1, 0.15) is 39.0 Å². The van der Waals surface area contributed by atoms with Gasteiger partial charge in [-0.05, 0) is 26.2 Å². The summed E-state index contributed by atoms with van der Waals surface area (Å²) >= 11 is 0. The lowest BCUT2D eigenvalue weighted by Crippen LogP contribution is -2.43. The van der Waals surface area contributed by atoms with Gasteiger partial charge in [0.25, 0.3) is 0 Å². The van der Waals surface area contributed by atoms with E-state index in [1.807, 2.05) is 0 Å². The molecule has 1 aliphatic carbocycles. The topological polar surface area (TPSA) is 91.6 Å². The molecule has 19 heavy (non-hydrogen) atoms. The maximum Gasteiger partial charge on any atom is 0.404 e. The molecule has 1 spiro atoms. The van der Waals surface area contributed by atoms with Crippen LogP contribution in [0.2, 0.25) is 0 Å². The first-order valence-corrected chi connectivity index (χ1v) is 6.68. The Morgan fingerprint density at radius 1 is 1.37 bits per heavy atom. The van der Waals surface area contributed by atoms with Gasteiger partial charge >= 0.3 is 6.09 Å². The average molecular weight is 268 g/mol. The average Bonchev–Trinajstić information content (AvgIpc) is 2.81. The predicted molar refractivity (Wildman–Crippen MR) is 66.4 cm³/mol. The van der Waals surface area contributed by atoms with E-state index in [1.54, 1.807) is 6.92 Å². The van der Waals surface area contributed by atoms with Gasteiger partial charge < -0.3 is 19.9 Å². The molecule has 0 aromatic heterocycles. The molecule has 2 rings (SSSR count). The van der Waals surface area contributed by atoms with Crippen LogP contribution in [0.5, 0.6) is 0 Å². The molecule has 1 aliphatic heterocycles. The molecule has 2 N–H and O–H groups in total. The number of carbonyl (C=O) groups is 1. The molecule has 2 aliphatic rings. The zero-order valence-electron chi connectivity index (χ0n) is 11.1. The molecule has 0 aromatic rings. The van der Waals surface area contributed by atoms with E-state index < -0.39 is 17.3 Å². The van der Waals surface area contributed by atoms with E-state index in [2.05, 4.69) is 11.4 Å². The normalized spacial score (nSPS) is 25.7. The summed E-state index contributed by atoms with van der Waals surface area (Å²) in [5.74, 6) is -0.482. The van der Waals surface area contributed by atoms with Gasteiger partial charge in [-0.25, -0.2) is 4.79 Å². The molecule has 1 saturated heterocycles. The Kier molecular flexibility index (Phi) is 3.97. The van der Waals surface area contributed by atoms with Gasteiger partial charge in [-0.2, -0.15) is 5.26 Å². The fourth-order valence-corrected chi connectivity index (χ4v) is 3.10. The van der Waals surface area contributed by atoms with E-state index in [0.717, 1.165) is 0 Å². The van der Waals surface area contributed by atoms with Crippen LogP contribution in [0.15, 0.2) is 0 Å². The molecular formula is C13H20N2O4. The molecule has 2 fully saturated rings. The molecular weight excluding hydrogens is 248 g/mol. The minimum Gasteiger partial charge on any atom is -0.465 e. The van der Waals surface area contributed by atoms with Gasteiger partial charge in [0, 0.05) is 18.9 Å². The van der Waals surface area contributed by atoms with Gasteiger partial charge in [0.1, 0.15) is 0 Å². The van der Waals surface area contributed by atoms with E-state index in [-0.39, 0.29) is 6.04 Å². The van der Waals surface area contributed by atoms with Crippen molar-refractivity contribution in [1.29, 1.82) is 5.26 Å². The number of rotatable bonds is 3. The highest BCUT2D eigenvalue weighted by Crippen LogP contribution is 2.46. The third-order valence-corrected chi connectivity index (χ3v) is 4.09. The van der Waals surface area contributed by atoms with Crippen LogP contribution in [0.25, 0.3) is 0 Å². The second-order valence-electron chi connectivity index (χ2n) is 5.55. The first-order valence-electron chi connectivity index (χ1n) is 6.68. The van der Waals surface area contributed by atoms with Crippen molar-refractivity contribution in [3.63, 3.8) is 0 Å². The van der Waals surface area contributed by atoms with Crippen LogP contribution in [0, 0.1) is 16.7 Å². The van der Waals surface area contributed by atoms with Gasteiger partial charge in [-0.1, -0.05) is 0 Å². The minimum atomic E-state index is -1.05. The number of nitrogens with zero attached hydrogens (tertiary/aromatic N) is 1. The van der Waals surface area contributed by atoms with Crippen LogP contribution in [0.3, 0.4) is 0 Å². The first kappa shape index (κ1) is 14.1. The van der Waals surface area contributed by atoms with Crippen molar-refractivity contribution in [2.75, 3.05) is 13.2 Å². The summed E-state index contributed by atoms with van der Waals surface area (Å²) in [5.41, 5.74) is -0.470. The van der Waals surface area contributed by atoms with Crippen LogP contribution >= 0.6 is 0 Å². The molecule has 6 nitrogen and oxygen atoms in total. The first-order chi connectivity index (χ1) is 8.99. The van der Waals surface area contributed by atoms with Crippen molar-refractivity contribution in [2.45, 2.75) is 50.9 Å². The summed E-state index contributed by atoms with van der Waals surface area (Å²) < 4.78 is 11.3. The summed E-state index contributed by atoms with van der Waals surface area (Å²) in [4.78, 5) is 10.6. The zero-order chi connectivity index (χ0) is 13.9. The maximum atomic E-state index is 10.6. The number of nitrogens with one attached hydrogen (secondary N) is 1. The number of ether oxygens (including phenoxy) is 2. The number of hydrogen-bond donors (Lipinski definition) is 2. The summed E-state index contributed by atoms with van der Waals surface area (Å²) in [6.07, 6.45) is 2.28. The number of nitriles is 1. The van der Waals surface area contributed by atoms with E-state index in [1.165, 1.54) is 0 Å². The smallest absolute Gasteiger partial charge is 0.404 e. The fourth-order valence-electron chi connectivity index (χ4n) is 3.10. The third-order valence-electron chi connectivity index (χ3n) is 4.09. The summed E-state index contributed by atoms with van der Waals surface area (Å²) in [7, 11) is 0. The van der Waals surface area contributed by atoms with Crippen molar-refractivity contribution < 1.29 is 19.4 Å². The van der Waals surface area contributed by atoms with E-state index >= 15 is 0 Å². The Labute approximate surface area is 112 Å². The van der Waals surface area contributed by atoms with Gasteiger partial charge in [0.05, 0.1) is 24.7 Å². The molecule has 0 radical (unpaired) electrons.